The first kappa shape index (κ1) is 7.49. The van der Waals surface area contributed by atoms with Gasteiger partial charge in [0.1, 0.15) is 11.8 Å². The number of fused-ring (bicyclic) bond motifs is 2. The van der Waals surface area contributed by atoms with Gasteiger partial charge in [-0.05, 0) is 19.3 Å². The minimum absolute atomic E-state index is 0.179. The van der Waals surface area contributed by atoms with E-state index < -0.39 is 17.9 Å². The molecule has 2 bridgehead atoms. The average Bonchev–Trinajstić information content (AvgIpc) is 2.27. The molecule has 4 nitrogen and oxygen atoms in total. The van der Waals surface area contributed by atoms with Crippen LogP contribution < -0.4 is 5.32 Å². The SMILES string of the molecule is O[C@@H]1CC2CCC(O)(N2)[C@@H]1O. The highest BCUT2D eigenvalue weighted by Crippen LogP contribution is 2.33. The fourth-order valence-corrected chi connectivity index (χ4v) is 2.04. The van der Waals surface area contributed by atoms with Gasteiger partial charge in [0.25, 0.3) is 0 Å². The Hall–Kier alpha value is -0.160. The van der Waals surface area contributed by atoms with Gasteiger partial charge in [0.2, 0.25) is 0 Å². The Morgan fingerprint density at radius 2 is 2.09 bits per heavy atom. The average molecular weight is 159 g/mol. The number of hydrogen-bond donors (Lipinski definition) is 4. The maximum atomic E-state index is 9.64. The summed E-state index contributed by atoms with van der Waals surface area (Å²) < 4.78 is 0. The monoisotopic (exact) mass is 159 g/mol. The zero-order valence-corrected chi connectivity index (χ0v) is 6.20. The zero-order chi connectivity index (χ0) is 8.06. The molecular weight excluding hydrogens is 146 g/mol. The van der Waals surface area contributed by atoms with Gasteiger partial charge in [-0.3, -0.25) is 5.32 Å². The number of aliphatic hydroxyl groups is 3. The molecule has 4 N–H and O–H groups in total. The Labute approximate surface area is 64.8 Å². The molecule has 2 fully saturated rings. The molecule has 0 aliphatic carbocycles. The lowest BCUT2D eigenvalue weighted by molar-refractivity contribution is -0.153. The van der Waals surface area contributed by atoms with Crippen molar-refractivity contribution >= 4 is 0 Å². The Bertz CT molecular complexity index is 175. The lowest BCUT2D eigenvalue weighted by Crippen LogP contribution is -2.61. The van der Waals surface area contributed by atoms with Crippen molar-refractivity contribution in [3.63, 3.8) is 0 Å². The van der Waals surface area contributed by atoms with Crippen LogP contribution in [0.5, 0.6) is 0 Å². The summed E-state index contributed by atoms with van der Waals surface area (Å²) >= 11 is 0. The van der Waals surface area contributed by atoms with Gasteiger partial charge in [0.05, 0.1) is 6.10 Å². The molecule has 0 aromatic rings. The third-order valence-corrected chi connectivity index (χ3v) is 2.71. The van der Waals surface area contributed by atoms with Crippen LogP contribution in [0.2, 0.25) is 0 Å². The number of rotatable bonds is 0. The van der Waals surface area contributed by atoms with Gasteiger partial charge in [-0.2, -0.15) is 0 Å². The molecular formula is C7H13NO3. The Balaban J connectivity index is 2.21. The fraction of sp³-hybridized carbons (Fsp3) is 1.00. The minimum Gasteiger partial charge on any atom is -0.390 e. The summed E-state index contributed by atoms with van der Waals surface area (Å²) in [5.74, 6) is 0. The number of nitrogens with one attached hydrogen (secondary N) is 1. The number of aliphatic hydroxyl groups excluding tert-OH is 2. The van der Waals surface area contributed by atoms with E-state index in [1.807, 2.05) is 0 Å². The Morgan fingerprint density at radius 1 is 1.36 bits per heavy atom. The molecule has 2 aliphatic rings. The second-order valence-corrected chi connectivity index (χ2v) is 3.55. The fourth-order valence-electron chi connectivity index (χ4n) is 2.04. The van der Waals surface area contributed by atoms with Crippen LogP contribution in [0.1, 0.15) is 19.3 Å². The molecule has 2 aliphatic heterocycles. The summed E-state index contributed by atoms with van der Waals surface area (Å²) in [7, 11) is 0. The highest BCUT2D eigenvalue weighted by molar-refractivity contribution is 5.02. The van der Waals surface area contributed by atoms with Crippen molar-refractivity contribution in [1.29, 1.82) is 0 Å². The molecule has 0 aromatic heterocycles. The predicted molar refractivity (Wildman–Crippen MR) is 37.7 cm³/mol. The van der Waals surface area contributed by atoms with Crippen LogP contribution in [-0.4, -0.2) is 39.3 Å². The second-order valence-electron chi connectivity index (χ2n) is 3.55. The normalized spacial score (nSPS) is 56.5. The largest absolute Gasteiger partial charge is 0.390 e. The highest BCUT2D eigenvalue weighted by atomic mass is 16.4. The van der Waals surface area contributed by atoms with Crippen LogP contribution in [0, 0.1) is 0 Å². The number of piperidine rings is 1. The van der Waals surface area contributed by atoms with E-state index in [1.165, 1.54) is 0 Å². The first-order chi connectivity index (χ1) is 5.12. The van der Waals surface area contributed by atoms with Gasteiger partial charge in [0, 0.05) is 6.04 Å². The molecule has 2 rings (SSSR count). The molecule has 11 heavy (non-hydrogen) atoms. The Kier molecular flexibility index (Phi) is 1.47. The summed E-state index contributed by atoms with van der Waals surface area (Å²) in [5, 5.41) is 31.2. The summed E-state index contributed by atoms with van der Waals surface area (Å²) in [5.41, 5.74) is -1.22. The van der Waals surface area contributed by atoms with Gasteiger partial charge in [-0.1, -0.05) is 0 Å². The Morgan fingerprint density at radius 3 is 2.82 bits per heavy atom. The van der Waals surface area contributed by atoms with Gasteiger partial charge in [0.15, 0.2) is 0 Å². The van der Waals surface area contributed by atoms with E-state index in [0.717, 1.165) is 6.42 Å². The molecule has 2 unspecified atom stereocenters. The van der Waals surface area contributed by atoms with Crippen molar-refractivity contribution in [3.05, 3.63) is 0 Å². The summed E-state index contributed by atoms with van der Waals surface area (Å²) in [6.45, 7) is 0. The van der Waals surface area contributed by atoms with Crippen molar-refractivity contribution < 1.29 is 15.3 Å². The van der Waals surface area contributed by atoms with Crippen molar-refractivity contribution in [2.24, 2.45) is 0 Å². The molecule has 0 aromatic carbocycles. The standard InChI is InChI=1S/C7H13NO3/c9-5-3-4-1-2-7(11,8-4)6(5)10/h4-6,8-11H,1-3H2/t4?,5-,6-,7?/m1/s1. The first-order valence-corrected chi connectivity index (χ1v) is 3.98. The minimum atomic E-state index is -1.22. The highest BCUT2D eigenvalue weighted by Gasteiger charge is 2.50. The van der Waals surface area contributed by atoms with Crippen molar-refractivity contribution in [3.8, 4) is 0 Å². The molecule has 2 saturated heterocycles. The topological polar surface area (TPSA) is 72.7 Å². The zero-order valence-electron chi connectivity index (χ0n) is 6.20. The maximum Gasteiger partial charge on any atom is 0.144 e. The third-order valence-electron chi connectivity index (χ3n) is 2.71. The smallest absolute Gasteiger partial charge is 0.144 e. The van der Waals surface area contributed by atoms with Crippen molar-refractivity contribution in [1.82, 2.24) is 5.32 Å². The van der Waals surface area contributed by atoms with Crippen LogP contribution in [0.25, 0.3) is 0 Å². The van der Waals surface area contributed by atoms with Crippen LogP contribution in [0.3, 0.4) is 0 Å². The van der Waals surface area contributed by atoms with Crippen LogP contribution in [0.4, 0.5) is 0 Å². The lowest BCUT2D eigenvalue weighted by atomic mass is 9.96. The van der Waals surface area contributed by atoms with Crippen molar-refractivity contribution in [2.45, 2.75) is 43.2 Å². The van der Waals surface area contributed by atoms with E-state index in [1.54, 1.807) is 0 Å². The van der Waals surface area contributed by atoms with Crippen LogP contribution >= 0.6 is 0 Å². The van der Waals surface area contributed by atoms with Gasteiger partial charge in [-0.15, -0.1) is 0 Å². The molecule has 0 radical (unpaired) electrons. The van der Waals surface area contributed by atoms with Gasteiger partial charge < -0.3 is 15.3 Å². The summed E-state index contributed by atoms with van der Waals surface area (Å²) in [6.07, 6.45) is 0.124. The lowest BCUT2D eigenvalue weighted by Gasteiger charge is -2.37. The van der Waals surface area contributed by atoms with Crippen LogP contribution in [0.15, 0.2) is 0 Å². The summed E-state index contributed by atoms with van der Waals surface area (Å²) in [6, 6.07) is 0.179. The molecule has 2 heterocycles. The predicted octanol–water partition coefficient (Wildman–Crippen LogP) is -1.45. The summed E-state index contributed by atoms with van der Waals surface area (Å²) in [4.78, 5) is 0. The third kappa shape index (κ3) is 0.980. The molecule has 0 saturated carbocycles. The molecule has 4 atom stereocenters. The van der Waals surface area contributed by atoms with Gasteiger partial charge in [-0.25, -0.2) is 0 Å². The van der Waals surface area contributed by atoms with E-state index in [-0.39, 0.29) is 6.04 Å². The second kappa shape index (κ2) is 2.17. The maximum absolute atomic E-state index is 9.64. The van der Waals surface area contributed by atoms with Crippen molar-refractivity contribution in [2.75, 3.05) is 0 Å². The molecule has 0 amide bonds. The van der Waals surface area contributed by atoms with Crippen LogP contribution in [-0.2, 0) is 0 Å². The van der Waals surface area contributed by atoms with Gasteiger partial charge >= 0.3 is 0 Å². The molecule has 0 spiro atoms. The molecule has 4 heteroatoms. The van der Waals surface area contributed by atoms with E-state index in [0.29, 0.717) is 12.8 Å². The first-order valence-electron chi connectivity index (χ1n) is 3.98. The van der Waals surface area contributed by atoms with E-state index >= 15 is 0 Å². The van der Waals surface area contributed by atoms with E-state index in [4.69, 9.17) is 0 Å². The quantitative estimate of drug-likeness (QED) is 0.349. The molecule has 64 valence electrons. The number of hydrogen-bond acceptors (Lipinski definition) is 4. The van der Waals surface area contributed by atoms with E-state index in [9.17, 15) is 15.3 Å². The van der Waals surface area contributed by atoms with E-state index in [2.05, 4.69) is 5.32 Å².